The number of para-hydroxylation sites is 1. The number of hydrogen-bond donors (Lipinski definition) is 1. The van der Waals surface area contributed by atoms with Crippen LogP contribution in [-0.2, 0) is 30.7 Å². The van der Waals surface area contributed by atoms with Gasteiger partial charge in [0, 0.05) is 36.7 Å². The topological polar surface area (TPSA) is 62.5 Å². The summed E-state index contributed by atoms with van der Waals surface area (Å²) in [5.74, 6) is -0.853. The maximum absolute atomic E-state index is 12.9. The Kier molecular flexibility index (Phi) is 4.44. The Labute approximate surface area is 157 Å². The molecule has 5 nitrogen and oxygen atoms in total. The van der Waals surface area contributed by atoms with Crippen molar-refractivity contribution in [1.29, 1.82) is 0 Å². The van der Waals surface area contributed by atoms with Crippen LogP contribution < -0.4 is 0 Å². The summed E-state index contributed by atoms with van der Waals surface area (Å²) < 4.78 is 2.17. The summed E-state index contributed by atoms with van der Waals surface area (Å²) in [6, 6.07) is 13.4. The lowest BCUT2D eigenvalue weighted by atomic mass is 9.97. The molecule has 4 rings (SSSR count). The van der Waals surface area contributed by atoms with Gasteiger partial charge in [-0.25, -0.2) is 4.79 Å². The number of carboxylic acids is 1. The Morgan fingerprint density at radius 3 is 2.70 bits per heavy atom. The van der Waals surface area contributed by atoms with E-state index < -0.39 is 5.97 Å². The van der Waals surface area contributed by atoms with E-state index in [9.17, 15) is 14.7 Å². The number of hydrogen-bond acceptors (Lipinski definition) is 2. The minimum atomic E-state index is -0.936. The van der Waals surface area contributed by atoms with Crippen LogP contribution in [0.15, 0.2) is 48.7 Å². The highest BCUT2D eigenvalue weighted by Crippen LogP contribution is 2.25. The van der Waals surface area contributed by atoms with Crippen LogP contribution in [0, 0.1) is 0 Å². The Morgan fingerprint density at radius 1 is 1.11 bits per heavy atom. The van der Waals surface area contributed by atoms with Crippen molar-refractivity contribution in [3.8, 4) is 0 Å². The number of aryl methyl sites for hydroxylation is 1. The molecule has 27 heavy (non-hydrogen) atoms. The Balaban J connectivity index is 1.56. The van der Waals surface area contributed by atoms with Crippen molar-refractivity contribution in [2.45, 2.75) is 32.9 Å². The van der Waals surface area contributed by atoms with Gasteiger partial charge in [0.05, 0.1) is 12.0 Å². The Morgan fingerprint density at radius 2 is 1.93 bits per heavy atom. The number of aromatic nitrogens is 1. The zero-order valence-electron chi connectivity index (χ0n) is 15.3. The number of carbonyl (C=O) groups excluding carboxylic acids is 1. The molecule has 1 aliphatic heterocycles. The van der Waals surface area contributed by atoms with Gasteiger partial charge in [-0.3, -0.25) is 4.79 Å². The molecule has 0 bridgehead atoms. The summed E-state index contributed by atoms with van der Waals surface area (Å²) in [7, 11) is 0. The molecule has 138 valence electrons. The standard InChI is InChI=1S/C22H22N2O3/c1-2-23-14-18(19-5-3-4-6-20(19)23)12-21(25)24-10-9-15-7-8-16(22(26)27)11-17(15)13-24/h3-8,11,14H,2,9-10,12-13H2,1H3,(H,26,27). The third-order valence-electron chi connectivity index (χ3n) is 5.37. The fraction of sp³-hybridized carbons (Fsp3) is 0.273. The van der Waals surface area contributed by atoms with Gasteiger partial charge in [-0.2, -0.15) is 0 Å². The van der Waals surface area contributed by atoms with Crippen molar-refractivity contribution >= 4 is 22.8 Å². The predicted octanol–water partition coefficient (Wildman–Crippen LogP) is 3.49. The molecule has 0 fully saturated rings. The van der Waals surface area contributed by atoms with Crippen LogP contribution in [-0.4, -0.2) is 33.0 Å². The highest BCUT2D eigenvalue weighted by Gasteiger charge is 2.23. The van der Waals surface area contributed by atoms with E-state index in [2.05, 4.69) is 29.8 Å². The van der Waals surface area contributed by atoms with Crippen molar-refractivity contribution in [2.24, 2.45) is 0 Å². The first-order valence-electron chi connectivity index (χ1n) is 9.26. The second kappa shape index (κ2) is 6.91. The van der Waals surface area contributed by atoms with E-state index in [1.807, 2.05) is 23.1 Å². The number of aromatic carboxylic acids is 1. The highest BCUT2D eigenvalue weighted by molar-refractivity contribution is 5.90. The minimum absolute atomic E-state index is 0.0837. The average molecular weight is 362 g/mol. The number of rotatable bonds is 4. The van der Waals surface area contributed by atoms with Crippen molar-refractivity contribution in [1.82, 2.24) is 9.47 Å². The largest absolute Gasteiger partial charge is 0.478 e. The zero-order chi connectivity index (χ0) is 19.0. The molecule has 2 aromatic carbocycles. The first-order chi connectivity index (χ1) is 13.1. The van der Waals surface area contributed by atoms with Gasteiger partial charge in [-0.1, -0.05) is 24.3 Å². The van der Waals surface area contributed by atoms with E-state index in [1.165, 1.54) is 0 Å². The summed E-state index contributed by atoms with van der Waals surface area (Å²) in [6.45, 7) is 4.11. The van der Waals surface area contributed by atoms with Crippen molar-refractivity contribution < 1.29 is 14.7 Å². The lowest BCUT2D eigenvalue weighted by Crippen LogP contribution is -2.37. The number of fused-ring (bicyclic) bond motifs is 2. The summed E-state index contributed by atoms with van der Waals surface area (Å²) in [4.78, 5) is 26.0. The summed E-state index contributed by atoms with van der Waals surface area (Å²) in [6.07, 6.45) is 3.20. The predicted molar refractivity (Wildman–Crippen MR) is 104 cm³/mol. The van der Waals surface area contributed by atoms with E-state index >= 15 is 0 Å². The molecule has 0 unspecified atom stereocenters. The van der Waals surface area contributed by atoms with Crippen LogP contribution in [0.25, 0.3) is 10.9 Å². The third-order valence-corrected chi connectivity index (χ3v) is 5.37. The molecule has 0 radical (unpaired) electrons. The maximum atomic E-state index is 12.9. The van der Waals surface area contributed by atoms with Gasteiger partial charge in [0.15, 0.2) is 0 Å². The normalized spacial score (nSPS) is 13.6. The van der Waals surface area contributed by atoms with Gasteiger partial charge in [-0.05, 0) is 48.2 Å². The molecule has 0 atom stereocenters. The summed E-state index contributed by atoms with van der Waals surface area (Å²) in [5, 5.41) is 10.3. The quantitative estimate of drug-likeness (QED) is 0.773. The molecule has 0 spiro atoms. The van der Waals surface area contributed by atoms with Gasteiger partial charge in [0.1, 0.15) is 0 Å². The Bertz CT molecular complexity index is 1040. The van der Waals surface area contributed by atoms with E-state index in [0.29, 0.717) is 19.5 Å². The molecule has 1 aromatic heterocycles. The molecule has 0 saturated heterocycles. The fourth-order valence-corrected chi connectivity index (χ4v) is 3.90. The second-order valence-corrected chi connectivity index (χ2v) is 6.99. The van der Waals surface area contributed by atoms with E-state index in [4.69, 9.17) is 0 Å². The van der Waals surface area contributed by atoms with E-state index in [0.717, 1.165) is 40.6 Å². The number of carbonyl (C=O) groups is 2. The van der Waals surface area contributed by atoms with Crippen LogP contribution in [0.3, 0.4) is 0 Å². The lowest BCUT2D eigenvalue weighted by Gasteiger charge is -2.29. The SMILES string of the molecule is CCn1cc(CC(=O)N2CCc3ccc(C(=O)O)cc3C2)c2ccccc21. The van der Waals surface area contributed by atoms with Crippen LogP contribution in [0.4, 0.5) is 0 Å². The number of carboxylic acid groups (broad SMARTS) is 1. The molecule has 3 aromatic rings. The lowest BCUT2D eigenvalue weighted by molar-refractivity contribution is -0.131. The van der Waals surface area contributed by atoms with Gasteiger partial charge in [-0.15, -0.1) is 0 Å². The monoisotopic (exact) mass is 362 g/mol. The number of amides is 1. The molecular weight excluding hydrogens is 340 g/mol. The van der Waals surface area contributed by atoms with Crippen LogP contribution >= 0.6 is 0 Å². The van der Waals surface area contributed by atoms with Crippen molar-refractivity contribution in [3.05, 3.63) is 70.9 Å². The van der Waals surface area contributed by atoms with Gasteiger partial charge in [0.25, 0.3) is 0 Å². The average Bonchev–Trinajstić information content (AvgIpc) is 3.04. The molecule has 1 aliphatic rings. The maximum Gasteiger partial charge on any atom is 0.335 e. The minimum Gasteiger partial charge on any atom is -0.478 e. The molecule has 1 N–H and O–H groups in total. The van der Waals surface area contributed by atoms with Gasteiger partial charge >= 0.3 is 5.97 Å². The second-order valence-electron chi connectivity index (χ2n) is 6.99. The first kappa shape index (κ1) is 17.3. The number of benzene rings is 2. The van der Waals surface area contributed by atoms with Crippen molar-refractivity contribution in [2.75, 3.05) is 6.54 Å². The summed E-state index contributed by atoms with van der Waals surface area (Å²) in [5.41, 5.74) is 4.53. The van der Waals surface area contributed by atoms with Crippen molar-refractivity contribution in [3.63, 3.8) is 0 Å². The van der Waals surface area contributed by atoms with E-state index in [-0.39, 0.29) is 11.5 Å². The molecule has 2 heterocycles. The van der Waals surface area contributed by atoms with Gasteiger partial charge < -0.3 is 14.6 Å². The first-order valence-corrected chi connectivity index (χ1v) is 9.26. The molecular formula is C22H22N2O3. The molecule has 5 heteroatoms. The molecule has 0 saturated carbocycles. The fourth-order valence-electron chi connectivity index (χ4n) is 3.90. The smallest absolute Gasteiger partial charge is 0.335 e. The summed E-state index contributed by atoms with van der Waals surface area (Å²) >= 11 is 0. The number of nitrogens with zero attached hydrogens (tertiary/aromatic N) is 2. The molecule has 1 amide bonds. The highest BCUT2D eigenvalue weighted by atomic mass is 16.4. The molecule has 0 aliphatic carbocycles. The van der Waals surface area contributed by atoms with Crippen LogP contribution in [0.1, 0.15) is 34.0 Å². The van der Waals surface area contributed by atoms with Crippen LogP contribution in [0.2, 0.25) is 0 Å². The van der Waals surface area contributed by atoms with E-state index in [1.54, 1.807) is 12.1 Å². The third kappa shape index (κ3) is 3.21. The van der Waals surface area contributed by atoms with Gasteiger partial charge in [0.2, 0.25) is 5.91 Å². The van der Waals surface area contributed by atoms with Crippen LogP contribution in [0.5, 0.6) is 0 Å². The zero-order valence-corrected chi connectivity index (χ0v) is 15.3. The Hall–Kier alpha value is -3.08.